The van der Waals surface area contributed by atoms with Gasteiger partial charge in [0.05, 0.1) is 17.9 Å². The van der Waals surface area contributed by atoms with Crippen molar-refractivity contribution in [3.05, 3.63) is 12.2 Å². The Morgan fingerprint density at radius 3 is 2.39 bits per heavy atom. The van der Waals surface area contributed by atoms with Crippen LogP contribution >= 0.6 is 0 Å². The first-order valence-corrected chi connectivity index (χ1v) is 6.26. The van der Waals surface area contributed by atoms with E-state index < -0.39 is 23.9 Å². The van der Waals surface area contributed by atoms with Crippen LogP contribution in [-0.2, 0) is 9.59 Å². The van der Waals surface area contributed by atoms with Gasteiger partial charge in [-0.3, -0.25) is 9.59 Å². The molecule has 5 atom stereocenters. The Labute approximate surface area is 106 Å². The lowest BCUT2D eigenvalue weighted by atomic mass is 9.82. The number of allylic oxidation sites excluding steroid dienone is 2. The number of hydrogen-bond acceptors (Lipinski definition) is 3. The number of hydrogen-bond donors (Lipinski definition) is 2. The fraction of sp³-hybridized carbons (Fsp3) is 0.692. The number of nitrogens with zero attached hydrogens (tertiary/aromatic N) is 1. The van der Waals surface area contributed by atoms with E-state index in [0.717, 1.165) is 6.42 Å². The molecule has 5 heteroatoms. The van der Waals surface area contributed by atoms with Crippen LogP contribution in [0.1, 0.15) is 13.3 Å². The smallest absolute Gasteiger partial charge is 0.307 e. The van der Waals surface area contributed by atoms with Crippen molar-refractivity contribution in [3.63, 3.8) is 0 Å². The molecule has 2 rings (SSSR count). The number of aliphatic hydroxyl groups excluding tert-OH is 1. The minimum Gasteiger partial charge on any atom is -0.481 e. The van der Waals surface area contributed by atoms with Gasteiger partial charge in [-0.05, 0) is 25.2 Å². The number of amides is 1. The third kappa shape index (κ3) is 2.14. The lowest BCUT2D eigenvalue weighted by Gasteiger charge is -2.29. The fourth-order valence-corrected chi connectivity index (χ4v) is 3.24. The summed E-state index contributed by atoms with van der Waals surface area (Å²) in [5.74, 6) is -2.11. The highest BCUT2D eigenvalue weighted by molar-refractivity contribution is 5.86. The molecule has 0 heterocycles. The van der Waals surface area contributed by atoms with Crippen molar-refractivity contribution >= 4 is 11.9 Å². The third-order valence-electron chi connectivity index (χ3n) is 3.94. The molecule has 0 radical (unpaired) electrons. The van der Waals surface area contributed by atoms with Gasteiger partial charge in [-0.1, -0.05) is 12.2 Å². The molecule has 0 aliphatic heterocycles. The number of aliphatic carboxylic acids is 1. The zero-order chi connectivity index (χ0) is 13.4. The standard InChI is InChI=1S/C13H19NO4/c1-7(15)6-14(2)12(16)10-8-3-4-9(5-8)11(10)13(17)18/h3-4,7-11,15H,5-6H2,1-2H3,(H,17,18). The van der Waals surface area contributed by atoms with Crippen molar-refractivity contribution in [1.82, 2.24) is 4.90 Å². The summed E-state index contributed by atoms with van der Waals surface area (Å²) in [4.78, 5) is 25.0. The van der Waals surface area contributed by atoms with Crippen LogP contribution in [0.5, 0.6) is 0 Å². The van der Waals surface area contributed by atoms with E-state index in [2.05, 4.69) is 0 Å². The van der Waals surface area contributed by atoms with Gasteiger partial charge >= 0.3 is 5.97 Å². The van der Waals surface area contributed by atoms with Gasteiger partial charge in [0.15, 0.2) is 0 Å². The maximum atomic E-state index is 12.3. The largest absolute Gasteiger partial charge is 0.481 e. The first-order chi connectivity index (χ1) is 8.41. The normalized spacial score (nSPS) is 34.6. The Morgan fingerprint density at radius 1 is 1.33 bits per heavy atom. The molecule has 2 bridgehead atoms. The molecule has 0 saturated heterocycles. The van der Waals surface area contributed by atoms with Crippen molar-refractivity contribution in [3.8, 4) is 0 Å². The van der Waals surface area contributed by atoms with Crippen molar-refractivity contribution in [2.24, 2.45) is 23.7 Å². The van der Waals surface area contributed by atoms with Crippen molar-refractivity contribution < 1.29 is 19.8 Å². The molecule has 0 aromatic heterocycles. The number of likely N-dealkylation sites (N-methyl/N-ethyl adjacent to an activating group) is 1. The second-order valence-electron chi connectivity index (χ2n) is 5.41. The van der Waals surface area contributed by atoms with E-state index in [4.69, 9.17) is 0 Å². The minimum atomic E-state index is -0.893. The zero-order valence-corrected chi connectivity index (χ0v) is 10.6. The average Bonchev–Trinajstić information content (AvgIpc) is 2.85. The SMILES string of the molecule is CC(O)CN(C)C(=O)C1C2C=CC(C2)C1C(=O)O. The van der Waals surface area contributed by atoms with Gasteiger partial charge in [0.25, 0.3) is 0 Å². The van der Waals surface area contributed by atoms with Crippen LogP contribution in [0.25, 0.3) is 0 Å². The van der Waals surface area contributed by atoms with Gasteiger partial charge in [-0.15, -0.1) is 0 Å². The lowest BCUT2D eigenvalue weighted by molar-refractivity contribution is -0.150. The predicted molar refractivity (Wildman–Crippen MR) is 64.7 cm³/mol. The first-order valence-electron chi connectivity index (χ1n) is 6.26. The molecule has 1 fully saturated rings. The van der Waals surface area contributed by atoms with Gasteiger partial charge in [0.2, 0.25) is 5.91 Å². The Morgan fingerprint density at radius 2 is 1.89 bits per heavy atom. The molecular formula is C13H19NO4. The molecule has 18 heavy (non-hydrogen) atoms. The molecule has 0 aromatic rings. The quantitative estimate of drug-likeness (QED) is 0.709. The maximum Gasteiger partial charge on any atom is 0.307 e. The minimum absolute atomic E-state index is 0.0126. The van der Waals surface area contributed by atoms with Gasteiger partial charge < -0.3 is 15.1 Å². The summed E-state index contributed by atoms with van der Waals surface area (Å²) in [6.07, 6.45) is 4.04. The molecule has 1 saturated carbocycles. The Bertz CT molecular complexity index is 390. The number of carbonyl (C=O) groups excluding carboxylic acids is 1. The molecule has 5 nitrogen and oxygen atoms in total. The van der Waals surface area contributed by atoms with E-state index in [1.54, 1.807) is 14.0 Å². The fourth-order valence-electron chi connectivity index (χ4n) is 3.24. The van der Waals surface area contributed by atoms with Crippen molar-refractivity contribution in [2.75, 3.05) is 13.6 Å². The van der Waals surface area contributed by atoms with Crippen molar-refractivity contribution in [2.45, 2.75) is 19.4 Å². The average molecular weight is 253 g/mol. The summed E-state index contributed by atoms with van der Waals surface area (Å²) in [7, 11) is 1.61. The van der Waals surface area contributed by atoms with E-state index in [0.29, 0.717) is 0 Å². The van der Waals surface area contributed by atoms with E-state index in [9.17, 15) is 19.8 Å². The Balaban J connectivity index is 2.14. The van der Waals surface area contributed by atoms with Crippen LogP contribution in [0.2, 0.25) is 0 Å². The highest BCUT2D eigenvalue weighted by Gasteiger charge is 2.52. The van der Waals surface area contributed by atoms with Crippen molar-refractivity contribution in [1.29, 1.82) is 0 Å². The summed E-state index contributed by atoms with van der Waals surface area (Å²) in [5, 5.41) is 18.6. The van der Waals surface area contributed by atoms with Crippen LogP contribution in [0.3, 0.4) is 0 Å². The second kappa shape index (κ2) is 4.72. The lowest BCUT2D eigenvalue weighted by Crippen LogP contribution is -2.43. The molecule has 0 aromatic carbocycles. The number of aliphatic hydroxyl groups is 1. The van der Waals surface area contributed by atoms with Gasteiger partial charge in [-0.25, -0.2) is 0 Å². The highest BCUT2D eigenvalue weighted by atomic mass is 16.4. The molecule has 100 valence electrons. The van der Waals surface area contributed by atoms with Gasteiger partial charge in [0.1, 0.15) is 0 Å². The Kier molecular flexibility index (Phi) is 3.43. The van der Waals surface area contributed by atoms with E-state index >= 15 is 0 Å². The number of fused-ring (bicyclic) bond motifs is 2. The molecular weight excluding hydrogens is 234 g/mol. The zero-order valence-electron chi connectivity index (χ0n) is 10.6. The van der Waals surface area contributed by atoms with Gasteiger partial charge in [0, 0.05) is 13.6 Å². The third-order valence-corrected chi connectivity index (χ3v) is 3.94. The number of carboxylic acid groups (broad SMARTS) is 1. The Hall–Kier alpha value is -1.36. The molecule has 5 unspecified atom stereocenters. The predicted octanol–water partition coefficient (Wildman–Crippen LogP) is 0.348. The second-order valence-corrected chi connectivity index (χ2v) is 5.41. The monoisotopic (exact) mass is 253 g/mol. The van der Waals surface area contributed by atoms with Crippen LogP contribution in [0.15, 0.2) is 12.2 Å². The van der Waals surface area contributed by atoms with Crippen LogP contribution < -0.4 is 0 Å². The summed E-state index contributed by atoms with van der Waals surface area (Å²) in [5.41, 5.74) is 0. The van der Waals surface area contributed by atoms with Crippen LogP contribution in [-0.4, -0.2) is 46.7 Å². The van der Waals surface area contributed by atoms with Crippen LogP contribution in [0, 0.1) is 23.7 Å². The number of rotatable bonds is 4. The summed E-state index contributed by atoms with van der Waals surface area (Å²) in [6, 6.07) is 0. The maximum absolute atomic E-state index is 12.3. The molecule has 1 amide bonds. The first kappa shape index (κ1) is 13.1. The van der Waals surface area contributed by atoms with Gasteiger partial charge in [-0.2, -0.15) is 0 Å². The molecule has 2 N–H and O–H groups in total. The van der Waals surface area contributed by atoms with E-state index in [-0.39, 0.29) is 24.3 Å². The molecule has 0 spiro atoms. The van der Waals surface area contributed by atoms with E-state index in [1.165, 1.54) is 4.90 Å². The van der Waals surface area contributed by atoms with Crippen LogP contribution in [0.4, 0.5) is 0 Å². The summed E-state index contributed by atoms with van der Waals surface area (Å²) in [6.45, 7) is 1.85. The van der Waals surface area contributed by atoms with E-state index in [1.807, 2.05) is 12.2 Å². The highest BCUT2D eigenvalue weighted by Crippen LogP contribution is 2.48. The number of carboxylic acids is 1. The molecule has 2 aliphatic rings. The summed E-state index contributed by atoms with van der Waals surface area (Å²) >= 11 is 0. The summed E-state index contributed by atoms with van der Waals surface area (Å²) < 4.78 is 0. The topological polar surface area (TPSA) is 77.8 Å². The molecule has 2 aliphatic carbocycles. The number of carbonyl (C=O) groups is 2.